The molecule has 2 N–H and O–H groups in total. The maximum atomic E-state index is 11.6. The molecule has 4 heteroatoms. The smallest absolute Gasteiger partial charge is 0.225 e. The van der Waals surface area contributed by atoms with Gasteiger partial charge in [-0.25, -0.2) is 0 Å². The Morgan fingerprint density at radius 3 is 3.12 bits per heavy atom. The summed E-state index contributed by atoms with van der Waals surface area (Å²) >= 11 is 1.68. The van der Waals surface area contributed by atoms with Crippen LogP contribution < -0.4 is 5.32 Å². The van der Waals surface area contributed by atoms with Crippen LogP contribution in [0, 0.1) is 0 Å². The van der Waals surface area contributed by atoms with Crippen molar-refractivity contribution in [3.05, 3.63) is 30.5 Å². The van der Waals surface area contributed by atoms with Crippen molar-refractivity contribution < 1.29 is 4.79 Å². The predicted molar refractivity (Wildman–Crippen MR) is 69.9 cm³/mol. The van der Waals surface area contributed by atoms with Gasteiger partial charge in [0.15, 0.2) is 0 Å². The van der Waals surface area contributed by atoms with E-state index in [1.165, 1.54) is 0 Å². The minimum Gasteiger partial charge on any atom is -0.361 e. The number of rotatable bonds is 4. The third-order valence-corrected chi connectivity index (χ3v) is 3.01. The van der Waals surface area contributed by atoms with Crippen molar-refractivity contribution in [2.75, 3.05) is 17.3 Å². The molecule has 0 aliphatic rings. The Balaban J connectivity index is 2.14. The van der Waals surface area contributed by atoms with Crippen molar-refractivity contribution in [2.45, 2.75) is 6.42 Å². The maximum absolute atomic E-state index is 11.6. The zero-order valence-corrected chi connectivity index (χ0v) is 9.93. The highest BCUT2D eigenvalue weighted by atomic mass is 32.2. The van der Waals surface area contributed by atoms with Crippen molar-refractivity contribution in [1.29, 1.82) is 0 Å². The minimum absolute atomic E-state index is 0.0723. The third-order valence-electron chi connectivity index (χ3n) is 2.40. The Morgan fingerprint density at radius 2 is 2.31 bits per heavy atom. The van der Waals surface area contributed by atoms with E-state index in [9.17, 15) is 4.79 Å². The number of H-pyrrole nitrogens is 1. The van der Waals surface area contributed by atoms with E-state index >= 15 is 0 Å². The summed E-state index contributed by atoms with van der Waals surface area (Å²) in [7, 11) is 0. The molecule has 0 saturated carbocycles. The van der Waals surface area contributed by atoms with Gasteiger partial charge in [-0.1, -0.05) is 6.07 Å². The van der Waals surface area contributed by atoms with Crippen LogP contribution in [0.4, 0.5) is 5.69 Å². The number of aromatic nitrogens is 1. The second-order valence-corrected chi connectivity index (χ2v) is 4.52. The van der Waals surface area contributed by atoms with Gasteiger partial charge < -0.3 is 10.3 Å². The third kappa shape index (κ3) is 2.39. The number of carbonyl (C=O) groups is 1. The topological polar surface area (TPSA) is 44.9 Å². The number of benzene rings is 1. The molecule has 84 valence electrons. The van der Waals surface area contributed by atoms with Gasteiger partial charge in [-0.2, -0.15) is 11.8 Å². The van der Waals surface area contributed by atoms with Gasteiger partial charge in [-0.05, 0) is 24.5 Å². The molecule has 0 aliphatic heterocycles. The van der Waals surface area contributed by atoms with Crippen molar-refractivity contribution in [1.82, 2.24) is 4.98 Å². The molecule has 1 aromatic carbocycles. The standard InChI is InChI=1S/C12H14N2OS/c1-16-8-6-12(15)14-11-4-2-3-10-9(11)5-7-13-10/h2-5,7,13H,6,8H2,1H3,(H,14,15). The second-order valence-electron chi connectivity index (χ2n) is 3.54. The Bertz CT molecular complexity index is 492. The number of nitrogens with one attached hydrogen (secondary N) is 2. The summed E-state index contributed by atoms with van der Waals surface area (Å²) in [6.07, 6.45) is 4.43. The molecule has 0 saturated heterocycles. The number of hydrogen-bond donors (Lipinski definition) is 2. The summed E-state index contributed by atoms with van der Waals surface area (Å²) in [4.78, 5) is 14.7. The summed E-state index contributed by atoms with van der Waals surface area (Å²) in [5, 5.41) is 3.99. The lowest BCUT2D eigenvalue weighted by atomic mass is 10.2. The van der Waals surface area contributed by atoms with Gasteiger partial charge in [0.2, 0.25) is 5.91 Å². The van der Waals surface area contributed by atoms with Gasteiger partial charge in [0.25, 0.3) is 0 Å². The van der Waals surface area contributed by atoms with Gasteiger partial charge in [0.1, 0.15) is 0 Å². The van der Waals surface area contributed by atoms with E-state index in [1.807, 2.05) is 36.7 Å². The average molecular weight is 234 g/mol. The van der Waals surface area contributed by atoms with Crippen LogP contribution in [0.15, 0.2) is 30.5 Å². The van der Waals surface area contributed by atoms with Gasteiger partial charge in [-0.15, -0.1) is 0 Å². The number of thioether (sulfide) groups is 1. The van der Waals surface area contributed by atoms with Gasteiger partial charge >= 0.3 is 0 Å². The summed E-state index contributed by atoms with van der Waals surface area (Å²) in [6.45, 7) is 0. The number of aromatic amines is 1. The first-order valence-electron chi connectivity index (χ1n) is 5.16. The molecule has 0 aliphatic carbocycles. The van der Waals surface area contributed by atoms with Crippen molar-refractivity contribution in [2.24, 2.45) is 0 Å². The predicted octanol–water partition coefficient (Wildman–Crippen LogP) is 2.86. The number of carbonyl (C=O) groups excluding carboxylic acids is 1. The second kappa shape index (κ2) is 5.07. The summed E-state index contributed by atoms with van der Waals surface area (Å²) in [6, 6.07) is 7.82. The largest absolute Gasteiger partial charge is 0.361 e. The molecule has 1 aromatic heterocycles. The van der Waals surface area contributed by atoms with E-state index in [-0.39, 0.29) is 5.91 Å². The molecule has 1 amide bonds. The summed E-state index contributed by atoms with van der Waals surface area (Å²) in [5.74, 6) is 0.928. The maximum Gasteiger partial charge on any atom is 0.225 e. The molecular formula is C12H14N2OS. The molecule has 0 unspecified atom stereocenters. The SMILES string of the molecule is CSCCC(=O)Nc1cccc2[nH]ccc12. The number of hydrogen-bond acceptors (Lipinski definition) is 2. The fourth-order valence-corrected chi connectivity index (χ4v) is 1.99. The highest BCUT2D eigenvalue weighted by Crippen LogP contribution is 2.22. The Kier molecular flexibility index (Phi) is 3.51. The molecule has 0 spiro atoms. The first-order valence-corrected chi connectivity index (χ1v) is 6.55. The molecule has 2 rings (SSSR count). The van der Waals surface area contributed by atoms with Crippen LogP contribution in [0.3, 0.4) is 0 Å². The van der Waals surface area contributed by atoms with Crippen LogP contribution in [0.25, 0.3) is 10.9 Å². The molecule has 0 radical (unpaired) electrons. The van der Waals surface area contributed by atoms with E-state index in [2.05, 4.69) is 10.3 Å². The normalized spacial score (nSPS) is 10.6. The van der Waals surface area contributed by atoms with E-state index in [4.69, 9.17) is 0 Å². The van der Waals surface area contributed by atoms with Crippen molar-refractivity contribution >= 4 is 34.3 Å². The molecule has 0 bridgehead atoms. The molecule has 0 fully saturated rings. The van der Waals surface area contributed by atoms with Crippen LogP contribution in [0.2, 0.25) is 0 Å². The van der Waals surface area contributed by atoms with Crippen LogP contribution in [-0.2, 0) is 4.79 Å². The first kappa shape index (κ1) is 11.1. The molecule has 16 heavy (non-hydrogen) atoms. The summed E-state index contributed by atoms with van der Waals surface area (Å²) in [5.41, 5.74) is 1.92. The molecule has 2 aromatic rings. The zero-order valence-electron chi connectivity index (χ0n) is 9.12. The van der Waals surface area contributed by atoms with E-state index in [1.54, 1.807) is 11.8 Å². The zero-order chi connectivity index (χ0) is 11.4. The van der Waals surface area contributed by atoms with Crippen molar-refractivity contribution in [3.63, 3.8) is 0 Å². The molecule has 3 nitrogen and oxygen atoms in total. The monoisotopic (exact) mass is 234 g/mol. The van der Waals surface area contributed by atoms with E-state index in [0.29, 0.717) is 6.42 Å². The van der Waals surface area contributed by atoms with E-state index in [0.717, 1.165) is 22.3 Å². The lowest BCUT2D eigenvalue weighted by Gasteiger charge is -2.05. The van der Waals surface area contributed by atoms with Crippen LogP contribution in [0.5, 0.6) is 0 Å². The highest BCUT2D eigenvalue weighted by molar-refractivity contribution is 7.98. The minimum atomic E-state index is 0.0723. The number of anilines is 1. The fourth-order valence-electron chi connectivity index (χ4n) is 1.60. The first-order chi connectivity index (χ1) is 7.81. The van der Waals surface area contributed by atoms with Crippen LogP contribution >= 0.6 is 11.8 Å². The van der Waals surface area contributed by atoms with Gasteiger partial charge in [0, 0.05) is 29.3 Å². The van der Waals surface area contributed by atoms with Crippen LogP contribution in [0.1, 0.15) is 6.42 Å². The molecular weight excluding hydrogens is 220 g/mol. The number of fused-ring (bicyclic) bond motifs is 1. The lowest BCUT2D eigenvalue weighted by molar-refractivity contribution is -0.115. The quantitative estimate of drug-likeness (QED) is 0.854. The lowest BCUT2D eigenvalue weighted by Crippen LogP contribution is -2.12. The van der Waals surface area contributed by atoms with Gasteiger partial charge in [0.05, 0.1) is 5.69 Å². The Morgan fingerprint density at radius 1 is 1.44 bits per heavy atom. The summed E-state index contributed by atoms with van der Waals surface area (Å²) < 4.78 is 0. The van der Waals surface area contributed by atoms with Gasteiger partial charge in [-0.3, -0.25) is 4.79 Å². The average Bonchev–Trinajstić information content (AvgIpc) is 2.75. The van der Waals surface area contributed by atoms with E-state index < -0.39 is 0 Å². The molecule has 0 atom stereocenters. The Labute approximate surface area is 98.6 Å². The number of amides is 1. The van der Waals surface area contributed by atoms with Crippen molar-refractivity contribution in [3.8, 4) is 0 Å². The Hall–Kier alpha value is -1.42. The molecule has 1 heterocycles. The van der Waals surface area contributed by atoms with Crippen LogP contribution in [-0.4, -0.2) is 22.9 Å². The highest BCUT2D eigenvalue weighted by Gasteiger charge is 2.05. The fraction of sp³-hybridized carbons (Fsp3) is 0.250.